The third-order valence-corrected chi connectivity index (χ3v) is 6.43. The van der Waals surface area contributed by atoms with E-state index < -0.39 is 41.9 Å². The maximum atomic E-state index is 13.1. The Morgan fingerprint density at radius 3 is 2.22 bits per heavy atom. The number of anilines is 1. The molecule has 1 saturated carbocycles. The molecule has 0 saturated heterocycles. The summed E-state index contributed by atoms with van der Waals surface area (Å²) in [4.78, 5) is 37.9. The highest BCUT2D eigenvalue weighted by Crippen LogP contribution is 2.36. The van der Waals surface area contributed by atoms with Gasteiger partial charge in [0.2, 0.25) is 0 Å². The minimum Gasteiger partial charge on any atom is -0.458 e. The van der Waals surface area contributed by atoms with E-state index in [1.165, 1.54) is 30.3 Å². The van der Waals surface area contributed by atoms with Crippen molar-refractivity contribution < 1.29 is 37.0 Å². The van der Waals surface area contributed by atoms with Gasteiger partial charge in [0, 0.05) is 0 Å². The number of esters is 2. The Kier molecular flexibility index (Phi) is 8.76. The maximum absolute atomic E-state index is 13.1. The van der Waals surface area contributed by atoms with E-state index in [9.17, 15) is 27.6 Å². The second kappa shape index (κ2) is 11.6. The van der Waals surface area contributed by atoms with Crippen LogP contribution >= 0.6 is 0 Å². The van der Waals surface area contributed by atoms with Crippen LogP contribution in [0, 0.1) is 17.8 Å². The third-order valence-electron chi connectivity index (χ3n) is 6.43. The Bertz CT molecular complexity index is 1100. The molecule has 0 aliphatic heterocycles. The molecule has 1 aliphatic rings. The molecular formula is C27H30F3NO5. The lowest BCUT2D eigenvalue weighted by Gasteiger charge is -2.36. The van der Waals surface area contributed by atoms with Gasteiger partial charge in [-0.2, -0.15) is 13.2 Å². The SMILES string of the molecule is CC(C)[C@H]1CC[C@@H](C)C[C@@H]1OC(=O)c1ccccc1C(=O)OCC(=O)Nc1ccccc1C(F)(F)F. The van der Waals surface area contributed by atoms with Crippen molar-refractivity contribution in [2.75, 3.05) is 11.9 Å². The van der Waals surface area contributed by atoms with Crippen LogP contribution in [0.5, 0.6) is 0 Å². The molecule has 0 heterocycles. The summed E-state index contributed by atoms with van der Waals surface area (Å²) in [5.41, 5.74) is -1.55. The Labute approximate surface area is 208 Å². The van der Waals surface area contributed by atoms with Gasteiger partial charge in [0.05, 0.1) is 22.4 Å². The molecule has 36 heavy (non-hydrogen) atoms. The lowest BCUT2D eigenvalue weighted by Crippen LogP contribution is -2.36. The highest BCUT2D eigenvalue weighted by atomic mass is 19.4. The van der Waals surface area contributed by atoms with Crippen molar-refractivity contribution in [3.05, 3.63) is 65.2 Å². The van der Waals surface area contributed by atoms with Gasteiger partial charge < -0.3 is 14.8 Å². The summed E-state index contributed by atoms with van der Waals surface area (Å²) in [5.74, 6) is -1.60. The van der Waals surface area contributed by atoms with Gasteiger partial charge in [-0.3, -0.25) is 4.79 Å². The van der Waals surface area contributed by atoms with Crippen molar-refractivity contribution in [3.8, 4) is 0 Å². The number of ether oxygens (including phenoxy) is 2. The second-order valence-corrected chi connectivity index (χ2v) is 9.48. The fourth-order valence-corrected chi connectivity index (χ4v) is 4.52. The lowest BCUT2D eigenvalue weighted by molar-refractivity contribution is -0.137. The number of amides is 1. The lowest BCUT2D eigenvalue weighted by atomic mass is 9.75. The topological polar surface area (TPSA) is 81.7 Å². The van der Waals surface area contributed by atoms with Gasteiger partial charge in [-0.15, -0.1) is 0 Å². The molecule has 1 amide bonds. The first kappa shape index (κ1) is 27.2. The number of nitrogens with one attached hydrogen (secondary N) is 1. The van der Waals surface area contributed by atoms with Gasteiger partial charge in [0.25, 0.3) is 5.91 Å². The number of hydrogen-bond acceptors (Lipinski definition) is 5. The summed E-state index contributed by atoms with van der Waals surface area (Å²) < 4.78 is 50.2. The van der Waals surface area contributed by atoms with Crippen LogP contribution in [0.25, 0.3) is 0 Å². The Balaban J connectivity index is 1.66. The van der Waals surface area contributed by atoms with Crippen molar-refractivity contribution in [2.24, 2.45) is 17.8 Å². The van der Waals surface area contributed by atoms with Gasteiger partial charge in [0.15, 0.2) is 6.61 Å². The first-order chi connectivity index (χ1) is 17.0. The van der Waals surface area contributed by atoms with Gasteiger partial charge in [0.1, 0.15) is 6.10 Å². The van der Waals surface area contributed by atoms with Crippen molar-refractivity contribution in [1.82, 2.24) is 0 Å². The zero-order valence-electron chi connectivity index (χ0n) is 20.4. The summed E-state index contributed by atoms with van der Waals surface area (Å²) in [6.07, 6.45) is -2.18. The number of benzene rings is 2. The molecule has 194 valence electrons. The Hall–Kier alpha value is -3.36. The van der Waals surface area contributed by atoms with E-state index in [1.807, 2.05) is 0 Å². The molecule has 1 N–H and O–H groups in total. The first-order valence-electron chi connectivity index (χ1n) is 11.9. The van der Waals surface area contributed by atoms with Gasteiger partial charge >= 0.3 is 18.1 Å². The Morgan fingerprint density at radius 1 is 0.972 bits per heavy atom. The molecule has 1 fully saturated rings. The van der Waals surface area contributed by atoms with E-state index >= 15 is 0 Å². The van der Waals surface area contributed by atoms with Gasteiger partial charge in [-0.25, -0.2) is 9.59 Å². The predicted molar refractivity (Wildman–Crippen MR) is 127 cm³/mol. The Morgan fingerprint density at radius 2 is 1.58 bits per heavy atom. The van der Waals surface area contributed by atoms with E-state index in [4.69, 9.17) is 9.47 Å². The summed E-state index contributed by atoms with van der Waals surface area (Å²) in [5, 5.41) is 2.11. The number of alkyl halides is 3. The third kappa shape index (κ3) is 6.86. The highest BCUT2D eigenvalue weighted by Gasteiger charge is 2.35. The number of carbonyl (C=O) groups is 3. The fourth-order valence-electron chi connectivity index (χ4n) is 4.52. The average Bonchev–Trinajstić information content (AvgIpc) is 2.82. The van der Waals surface area contributed by atoms with Crippen LogP contribution in [0.3, 0.4) is 0 Å². The molecule has 3 rings (SSSR count). The van der Waals surface area contributed by atoms with Crippen LogP contribution in [0.4, 0.5) is 18.9 Å². The molecule has 3 atom stereocenters. The molecule has 0 radical (unpaired) electrons. The molecule has 9 heteroatoms. The van der Waals surface area contributed by atoms with E-state index in [-0.39, 0.29) is 23.1 Å². The van der Waals surface area contributed by atoms with Crippen molar-refractivity contribution >= 4 is 23.5 Å². The second-order valence-electron chi connectivity index (χ2n) is 9.48. The van der Waals surface area contributed by atoms with Crippen LogP contribution in [0.15, 0.2) is 48.5 Å². The molecule has 6 nitrogen and oxygen atoms in total. The first-order valence-corrected chi connectivity index (χ1v) is 11.9. The number of rotatable bonds is 7. The van der Waals surface area contributed by atoms with E-state index in [0.717, 1.165) is 31.4 Å². The average molecular weight is 506 g/mol. The smallest absolute Gasteiger partial charge is 0.418 e. The number of carbonyl (C=O) groups excluding carboxylic acids is 3. The summed E-state index contributed by atoms with van der Waals surface area (Å²) in [7, 11) is 0. The standard InChI is InChI=1S/C27H30F3NO5/c1-16(2)18-13-12-17(3)14-23(18)36-26(34)20-9-5-4-8-19(20)25(33)35-15-24(32)31-22-11-7-6-10-21(22)27(28,29)30/h4-11,16-18,23H,12-15H2,1-3H3,(H,31,32)/t17-,18-,23+/m1/s1. The van der Waals surface area contributed by atoms with E-state index in [2.05, 4.69) is 26.1 Å². The minimum absolute atomic E-state index is 0.00561. The zero-order chi connectivity index (χ0) is 26.5. The van der Waals surface area contributed by atoms with Crippen LogP contribution in [-0.2, 0) is 20.4 Å². The van der Waals surface area contributed by atoms with Crippen molar-refractivity contribution in [1.29, 1.82) is 0 Å². The number of hydrogen-bond donors (Lipinski definition) is 1. The molecule has 0 aromatic heterocycles. The van der Waals surface area contributed by atoms with Crippen LogP contribution in [0.1, 0.15) is 66.3 Å². The molecule has 2 aromatic carbocycles. The molecule has 0 unspecified atom stereocenters. The molecule has 0 spiro atoms. The molecule has 2 aromatic rings. The molecule has 0 bridgehead atoms. The number of halogens is 3. The zero-order valence-corrected chi connectivity index (χ0v) is 20.4. The quantitative estimate of drug-likeness (QED) is 0.459. The minimum atomic E-state index is -4.66. The van der Waals surface area contributed by atoms with Crippen molar-refractivity contribution in [2.45, 2.75) is 52.3 Å². The summed E-state index contributed by atoms with van der Waals surface area (Å²) in [6.45, 7) is 5.46. The van der Waals surface area contributed by atoms with Crippen LogP contribution < -0.4 is 5.32 Å². The largest absolute Gasteiger partial charge is 0.458 e. The predicted octanol–water partition coefficient (Wildman–Crippen LogP) is 6.12. The summed E-state index contributed by atoms with van der Waals surface area (Å²) >= 11 is 0. The maximum Gasteiger partial charge on any atom is 0.418 e. The van der Waals surface area contributed by atoms with Crippen molar-refractivity contribution in [3.63, 3.8) is 0 Å². The molecule has 1 aliphatic carbocycles. The van der Waals surface area contributed by atoms with Crippen LogP contribution in [-0.4, -0.2) is 30.6 Å². The van der Waals surface area contributed by atoms with Gasteiger partial charge in [-0.05, 0) is 54.9 Å². The normalized spacial score (nSPS) is 20.0. The monoisotopic (exact) mass is 505 g/mol. The highest BCUT2D eigenvalue weighted by molar-refractivity contribution is 6.04. The van der Waals surface area contributed by atoms with E-state index in [1.54, 1.807) is 6.07 Å². The van der Waals surface area contributed by atoms with Crippen LogP contribution in [0.2, 0.25) is 0 Å². The fraction of sp³-hybridized carbons (Fsp3) is 0.444. The summed E-state index contributed by atoms with van der Waals surface area (Å²) in [6, 6.07) is 10.4. The number of para-hydroxylation sites is 1. The molecular weight excluding hydrogens is 475 g/mol. The van der Waals surface area contributed by atoms with E-state index in [0.29, 0.717) is 11.8 Å². The van der Waals surface area contributed by atoms with Gasteiger partial charge in [-0.1, -0.05) is 51.5 Å².